The van der Waals surface area contributed by atoms with Gasteiger partial charge in [0.05, 0.1) is 40.7 Å². The first-order valence-electron chi connectivity index (χ1n) is 13.0. The third-order valence-corrected chi connectivity index (χ3v) is 7.28. The van der Waals surface area contributed by atoms with Crippen LogP contribution in [0.4, 0.5) is 36.4 Å². The molecular formula is C32H27F7N2O2. The second-order valence-electron chi connectivity index (χ2n) is 10.7. The van der Waals surface area contributed by atoms with Crippen LogP contribution in [0.25, 0.3) is 22.4 Å². The zero-order valence-corrected chi connectivity index (χ0v) is 23.5. The van der Waals surface area contributed by atoms with Gasteiger partial charge < -0.3 is 10.0 Å². The van der Waals surface area contributed by atoms with Gasteiger partial charge in [0.1, 0.15) is 5.82 Å². The molecule has 1 N–H and O–H groups in total. The average molecular weight is 605 g/mol. The minimum atomic E-state index is -5.08. The molecule has 0 fully saturated rings. The third kappa shape index (κ3) is 6.56. The molecule has 1 aromatic heterocycles. The smallest absolute Gasteiger partial charge is 0.392 e. The first-order chi connectivity index (χ1) is 19.9. The van der Waals surface area contributed by atoms with Crippen molar-refractivity contribution in [2.45, 2.75) is 45.1 Å². The Morgan fingerprint density at radius 1 is 0.837 bits per heavy atom. The van der Waals surface area contributed by atoms with E-state index in [-0.39, 0.29) is 18.4 Å². The number of amides is 1. The van der Waals surface area contributed by atoms with Gasteiger partial charge in [0.25, 0.3) is 0 Å². The molecule has 0 aliphatic rings. The van der Waals surface area contributed by atoms with Gasteiger partial charge in [-0.1, -0.05) is 24.3 Å². The molecular weight excluding hydrogens is 577 g/mol. The van der Waals surface area contributed by atoms with Crippen molar-refractivity contribution in [3.05, 3.63) is 107 Å². The van der Waals surface area contributed by atoms with Crippen molar-refractivity contribution >= 4 is 11.6 Å². The van der Waals surface area contributed by atoms with Crippen LogP contribution in [0.15, 0.2) is 72.9 Å². The summed E-state index contributed by atoms with van der Waals surface area (Å²) in [5, 5.41) is 9.55. The third-order valence-electron chi connectivity index (χ3n) is 7.28. The van der Waals surface area contributed by atoms with Crippen LogP contribution in [0.1, 0.15) is 41.7 Å². The standard InChI is InChI=1S/C32H27F7N2O2/c1-18-10-24(33)8-9-25(18)26-15-27(20-7-5-6-19(11-20)17-42)40-16-28(26)41(4)29(43)30(2,3)21-12-22(31(34,35)36)14-23(13-21)32(37,38)39/h5-16,42H,17H2,1-4H3. The number of hydrogen-bond acceptors (Lipinski definition) is 3. The quantitative estimate of drug-likeness (QED) is 0.225. The van der Waals surface area contributed by atoms with Crippen molar-refractivity contribution in [1.82, 2.24) is 4.98 Å². The number of carbonyl (C=O) groups excluding carboxylic acids is 1. The summed E-state index contributed by atoms with van der Waals surface area (Å²) in [5.74, 6) is -1.30. The van der Waals surface area contributed by atoms with Crippen molar-refractivity contribution in [3.8, 4) is 22.4 Å². The molecule has 0 aliphatic carbocycles. The Morgan fingerprint density at radius 3 is 2.00 bits per heavy atom. The van der Waals surface area contributed by atoms with E-state index in [1.165, 1.54) is 45.3 Å². The number of aryl methyl sites for hydroxylation is 1. The molecule has 0 bridgehead atoms. The van der Waals surface area contributed by atoms with E-state index < -0.39 is 46.2 Å². The van der Waals surface area contributed by atoms with Gasteiger partial charge in [-0.05, 0) is 85.5 Å². The fraction of sp³-hybridized carbons (Fsp3) is 0.250. The molecule has 11 heteroatoms. The number of aliphatic hydroxyl groups excluding tert-OH is 1. The number of pyridine rings is 1. The lowest BCUT2D eigenvalue weighted by Gasteiger charge is -2.32. The molecule has 4 rings (SSSR count). The number of alkyl halides is 6. The molecule has 1 amide bonds. The van der Waals surface area contributed by atoms with Crippen molar-refractivity contribution in [1.29, 1.82) is 0 Å². The van der Waals surface area contributed by atoms with Gasteiger partial charge in [0.15, 0.2) is 0 Å². The first kappa shape index (κ1) is 31.7. The molecule has 4 nitrogen and oxygen atoms in total. The normalized spacial score (nSPS) is 12.4. The number of carbonyl (C=O) groups is 1. The number of rotatable bonds is 6. The monoisotopic (exact) mass is 604 g/mol. The molecule has 4 aromatic rings. The summed E-state index contributed by atoms with van der Waals surface area (Å²) in [6, 6.07) is 13.7. The Hall–Kier alpha value is -4.25. The van der Waals surface area contributed by atoms with Crippen molar-refractivity contribution in [2.75, 3.05) is 11.9 Å². The van der Waals surface area contributed by atoms with Crippen LogP contribution in [-0.4, -0.2) is 23.0 Å². The summed E-state index contributed by atoms with van der Waals surface area (Å²) in [6.07, 6.45) is -8.80. The molecule has 0 saturated heterocycles. The highest BCUT2D eigenvalue weighted by Crippen LogP contribution is 2.41. The molecule has 0 unspecified atom stereocenters. The molecule has 43 heavy (non-hydrogen) atoms. The topological polar surface area (TPSA) is 53.4 Å². The summed E-state index contributed by atoms with van der Waals surface area (Å²) in [7, 11) is 1.34. The number of benzene rings is 3. The SMILES string of the molecule is Cc1cc(F)ccc1-c1cc(-c2cccc(CO)c2)ncc1N(C)C(=O)C(C)(C)c1cc(C(F)(F)F)cc(C(F)(F)F)c1. The molecule has 0 spiro atoms. The summed E-state index contributed by atoms with van der Waals surface area (Å²) in [5.41, 5.74) is -2.03. The summed E-state index contributed by atoms with van der Waals surface area (Å²) >= 11 is 0. The average Bonchev–Trinajstić information content (AvgIpc) is 2.95. The highest BCUT2D eigenvalue weighted by Gasteiger charge is 2.41. The van der Waals surface area contributed by atoms with Gasteiger partial charge in [0.2, 0.25) is 5.91 Å². The van der Waals surface area contributed by atoms with Crippen molar-refractivity contribution < 1.29 is 40.6 Å². The lowest BCUT2D eigenvalue weighted by atomic mass is 9.81. The molecule has 0 aliphatic heterocycles. The molecule has 0 atom stereocenters. The maximum Gasteiger partial charge on any atom is 0.416 e. The van der Waals surface area contributed by atoms with E-state index in [2.05, 4.69) is 4.98 Å². The number of hydrogen-bond donors (Lipinski definition) is 1. The van der Waals surface area contributed by atoms with Crippen LogP contribution in [0, 0.1) is 12.7 Å². The van der Waals surface area contributed by atoms with Crippen LogP contribution < -0.4 is 4.90 Å². The molecule has 0 radical (unpaired) electrons. The predicted molar refractivity (Wildman–Crippen MR) is 149 cm³/mol. The van der Waals surface area contributed by atoms with Crippen molar-refractivity contribution in [3.63, 3.8) is 0 Å². The number of likely N-dealkylation sites (N-methyl/N-ethyl adjacent to an activating group) is 1. The van der Waals surface area contributed by atoms with E-state index in [1.54, 1.807) is 37.3 Å². The van der Waals surface area contributed by atoms with Crippen LogP contribution >= 0.6 is 0 Å². The number of aromatic nitrogens is 1. The van der Waals surface area contributed by atoms with E-state index in [9.17, 15) is 40.6 Å². The van der Waals surface area contributed by atoms with E-state index >= 15 is 0 Å². The second-order valence-corrected chi connectivity index (χ2v) is 10.7. The maximum absolute atomic E-state index is 14.0. The van der Waals surface area contributed by atoms with Gasteiger partial charge in [-0.25, -0.2) is 4.39 Å². The molecule has 226 valence electrons. The number of nitrogens with zero attached hydrogens (tertiary/aromatic N) is 2. The van der Waals surface area contributed by atoms with Gasteiger partial charge in [-0.15, -0.1) is 0 Å². The number of anilines is 1. The predicted octanol–water partition coefficient (Wildman–Crippen LogP) is 8.33. The highest BCUT2D eigenvalue weighted by atomic mass is 19.4. The number of aliphatic hydroxyl groups is 1. The van der Waals surface area contributed by atoms with Crippen LogP contribution in [0.2, 0.25) is 0 Å². The van der Waals surface area contributed by atoms with Crippen LogP contribution in [0.5, 0.6) is 0 Å². The lowest BCUT2D eigenvalue weighted by molar-refractivity contribution is -0.143. The van der Waals surface area contributed by atoms with Gasteiger partial charge in [-0.3, -0.25) is 9.78 Å². The van der Waals surface area contributed by atoms with Gasteiger partial charge in [0, 0.05) is 18.2 Å². The Bertz CT molecular complexity index is 1650. The van der Waals surface area contributed by atoms with E-state index in [0.29, 0.717) is 45.6 Å². The Kier molecular flexibility index (Phi) is 8.43. The number of halogens is 7. The van der Waals surface area contributed by atoms with Crippen LogP contribution in [-0.2, 0) is 29.2 Å². The maximum atomic E-state index is 14.0. The summed E-state index contributed by atoms with van der Waals surface area (Å²) in [6.45, 7) is 3.93. The Morgan fingerprint density at radius 2 is 1.44 bits per heavy atom. The second kappa shape index (κ2) is 11.4. The zero-order chi connectivity index (χ0) is 31.9. The highest BCUT2D eigenvalue weighted by molar-refractivity contribution is 6.03. The minimum absolute atomic E-state index is 0.0115. The Labute approximate surface area is 243 Å². The molecule has 0 saturated carbocycles. The van der Waals surface area contributed by atoms with E-state index in [4.69, 9.17) is 0 Å². The Balaban J connectivity index is 1.86. The molecule has 3 aromatic carbocycles. The molecule has 1 heterocycles. The van der Waals surface area contributed by atoms with Gasteiger partial charge in [-0.2, -0.15) is 26.3 Å². The summed E-state index contributed by atoms with van der Waals surface area (Å²) in [4.78, 5) is 19.5. The minimum Gasteiger partial charge on any atom is -0.392 e. The first-order valence-corrected chi connectivity index (χ1v) is 13.0. The van der Waals surface area contributed by atoms with Crippen molar-refractivity contribution in [2.24, 2.45) is 0 Å². The largest absolute Gasteiger partial charge is 0.416 e. The zero-order valence-electron chi connectivity index (χ0n) is 23.5. The van der Waals surface area contributed by atoms with E-state index in [1.807, 2.05) is 0 Å². The lowest BCUT2D eigenvalue weighted by Crippen LogP contribution is -2.42. The summed E-state index contributed by atoms with van der Waals surface area (Å²) < 4.78 is 95.4. The fourth-order valence-corrected chi connectivity index (χ4v) is 4.82. The fourth-order valence-electron chi connectivity index (χ4n) is 4.82. The van der Waals surface area contributed by atoms with Crippen LogP contribution in [0.3, 0.4) is 0 Å². The van der Waals surface area contributed by atoms with Gasteiger partial charge >= 0.3 is 12.4 Å². The van der Waals surface area contributed by atoms with E-state index in [0.717, 1.165) is 4.90 Å².